The molecule has 0 bridgehead atoms. The minimum Gasteiger partial charge on any atom is -0.445 e. The molecule has 2 heterocycles. The van der Waals surface area contributed by atoms with Crippen LogP contribution in [0.5, 0.6) is 0 Å². The number of amides is 3. The fourth-order valence-electron chi connectivity index (χ4n) is 5.31. The van der Waals surface area contributed by atoms with Gasteiger partial charge in [-0.2, -0.15) is 11.8 Å². The van der Waals surface area contributed by atoms with Crippen molar-refractivity contribution in [1.29, 1.82) is 0 Å². The molecule has 232 valence electrons. The second kappa shape index (κ2) is 14.8. The molecule has 2 saturated heterocycles. The minimum absolute atomic E-state index is 0.0178. The fourth-order valence-corrected chi connectivity index (χ4v) is 6.22. The molecule has 3 N–H and O–H groups in total. The molecule has 0 saturated carbocycles. The van der Waals surface area contributed by atoms with Crippen molar-refractivity contribution in [2.24, 2.45) is 5.92 Å². The van der Waals surface area contributed by atoms with Gasteiger partial charge in [0.2, 0.25) is 5.91 Å². The predicted molar refractivity (Wildman–Crippen MR) is 164 cm³/mol. The Kier molecular flexibility index (Phi) is 10.7. The number of anilines is 1. The van der Waals surface area contributed by atoms with Crippen molar-refractivity contribution < 1.29 is 38.8 Å². The van der Waals surface area contributed by atoms with Crippen molar-refractivity contribution >= 4 is 35.4 Å². The Morgan fingerprint density at radius 3 is 2.48 bits per heavy atom. The van der Waals surface area contributed by atoms with E-state index in [0.29, 0.717) is 22.8 Å². The number of imide groups is 1. The van der Waals surface area contributed by atoms with Gasteiger partial charge in [0, 0.05) is 23.0 Å². The Hall–Kier alpha value is -3.74. The molecule has 5 rings (SSSR count). The van der Waals surface area contributed by atoms with E-state index in [9.17, 15) is 24.6 Å². The number of nitrogens with one attached hydrogen (secondary N) is 1. The highest BCUT2D eigenvalue weighted by Gasteiger charge is 2.42. The van der Waals surface area contributed by atoms with Gasteiger partial charge in [0.1, 0.15) is 12.6 Å². The zero-order chi connectivity index (χ0) is 31.1. The number of hydrogen-bond donors (Lipinski definition) is 3. The number of aliphatic hydroxyl groups excluding tert-OH is 2. The summed E-state index contributed by atoms with van der Waals surface area (Å²) in [6, 6.07) is 22.6. The van der Waals surface area contributed by atoms with Gasteiger partial charge < -0.3 is 29.7 Å². The van der Waals surface area contributed by atoms with E-state index in [-0.39, 0.29) is 44.4 Å². The predicted octanol–water partition coefficient (Wildman–Crippen LogP) is 4.25. The summed E-state index contributed by atoms with van der Waals surface area (Å²) in [6.45, 7) is 2.11. The molecule has 0 spiro atoms. The lowest BCUT2D eigenvalue weighted by Crippen LogP contribution is -2.42. The maximum atomic E-state index is 13.3. The molecule has 0 aromatic heterocycles. The Morgan fingerprint density at radius 2 is 1.75 bits per heavy atom. The lowest BCUT2D eigenvalue weighted by molar-refractivity contribution is -0.268. The molecule has 3 aromatic rings. The van der Waals surface area contributed by atoms with Gasteiger partial charge in [0.15, 0.2) is 6.29 Å². The third kappa shape index (κ3) is 7.48. The van der Waals surface area contributed by atoms with Crippen molar-refractivity contribution in [3.8, 4) is 0 Å². The third-order valence-corrected chi connectivity index (χ3v) is 8.73. The highest BCUT2D eigenvalue weighted by Crippen LogP contribution is 2.43. The van der Waals surface area contributed by atoms with E-state index in [1.807, 2.05) is 60.7 Å². The maximum absolute atomic E-state index is 13.3. The summed E-state index contributed by atoms with van der Waals surface area (Å²) >= 11 is 1.59. The van der Waals surface area contributed by atoms with E-state index in [2.05, 4.69) is 12.2 Å². The van der Waals surface area contributed by atoms with Crippen molar-refractivity contribution in [2.45, 2.75) is 51.1 Å². The molecular weight excluding hydrogens is 584 g/mol. The zero-order valence-electron chi connectivity index (χ0n) is 24.3. The molecule has 5 atom stereocenters. The van der Waals surface area contributed by atoms with E-state index < -0.39 is 30.2 Å². The van der Waals surface area contributed by atoms with E-state index in [1.165, 1.54) is 0 Å². The second-order valence-corrected chi connectivity index (χ2v) is 11.9. The van der Waals surface area contributed by atoms with Gasteiger partial charge in [-0.25, -0.2) is 9.69 Å². The van der Waals surface area contributed by atoms with Gasteiger partial charge in [0.05, 0.1) is 37.5 Å². The average molecular weight is 621 g/mol. The highest BCUT2D eigenvalue weighted by atomic mass is 32.2. The van der Waals surface area contributed by atoms with Gasteiger partial charge in [-0.15, -0.1) is 0 Å². The van der Waals surface area contributed by atoms with Crippen LogP contribution in [0.4, 0.5) is 10.5 Å². The summed E-state index contributed by atoms with van der Waals surface area (Å²) < 4.78 is 18.1. The molecule has 2 aliphatic heterocycles. The van der Waals surface area contributed by atoms with Crippen LogP contribution in [0.25, 0.3) is 0 Å². The van der Waals surface area contributed by atoms with E-state index in [1.54, 1.807) is 30.0 Å². The summed E-state index contributed by atoms with van der Waals surface area (Å²) in [4.78, 5) is 39.7. The van der Waals surface area contributed by atoms with Gasteiger partial charge in [-0.05, 0) is 28.8 Å². The number of nitrogens with zero attached hydrogens (tertiary/aromatic N) is 1. The van der Waals surface area contributed by atoms with Gasteiger partial charge in [-0.1, -0.05) is 73.7 Å². The van der Waals surface area contributed by atoms with Gasteiger partial charge >= 0.3 is 6.09 Å². The number of aliphatic hydroxyl groups is 2. The third-order valence-electron chi connectivity index (χ3n) is 7.69. The normalized spacial score (nSPS) is 23.5. The first-order valence-corrected chi connectivity index (χ1v) is 15.7. The van der Waals surface area contributed by atoms with Crippen LogP contribution < -0.4 is 10.2 Å². The second-order valence-electron chi connectivity index (χ2n) is 10.7. The first-order valence-electron chi connectivity index (χ1n) is 14.5. The Balaban J connectivity index is 1.30. The molecule has 2 fully saturated rings. The van der Waals surface area contributed by atoms with Crippen molar-refractivity contribution in [3.63, 3.8) is 0 Å². The molecule has 3 amide bonds. The number of carbonyl (C=O) groups excluding carboxylic acids is 3. The molecule has 0 radical (unpaired) electrons. The first kappa shape index (κ1) is 31.7. The number of thioether (sulfide) groups is 1. The number of alkyl carbamates (subject to hydrolysis) is 1. The maximum Gasteiger partial charge on any atom is 0.408 e. The Labute approximate surface area is 260 Å². The van der Waals surface area contributed by atoms with Crippen LogP contribution in [0, 0.1) is 5.92 Å². The SMILES string of the molecule is C[C@@H]1[C@H](CSCCO)O[C@H](c2cccc(N3C(=O)CC(NC(=O)OCc4ccccc4)C3=O)c2)O[C@@H]1c1ccc(CO)cc1. The summed E-state index contributed by atoms with van der Waals surface area (Å²) in [5.74, 6) is 0.208. The molecular formula is C33H36N2O8S. The highest BCUT2D eigenvalue weighted by molar-refractivity contribution is 7.99. The van der Waals surface area contributed by atoms with Crippen LogP contribution in [0.1, 0.15) is 48.0 Å². The Bertz CT molecular complexity index is 1440. The smallest absolute Gasteiger partial charge is 0.408 e. The average Bonchev–Trinajstić information content (AvgIpc) is 3.33. The van der Waals surface area contributed by atoms with Crippen LogP contribution in [0.2, 0.25) is 0 Å². The first-order chi connectivity index (χ1) is 21.4. The summed E-state index contributed by atoms with van der Waals surface area (Å²) in [5, 5.41) is 21.3. The quantitative estimate of drug-likeness (QED) is 0.212. The van der Waals surface area contributed by atoms with Crippen LogP contribution in [-0.2, 0) is 37.0 Å². The van der Waals surface area contributed by atoms with Gasteiger partial charge in [-0.3, -0.25) is 9.59 Å². The topological polar surface area (TPSA) is 135 Å². The fraction of sp³-hybridized carbons (Fsp3) is 0.364. The standard InChI is InChI=1S/C33H36N2O8S/c1-21-28(20-44-15-14-36)42-32(43-30(21)24-12-10-22(18-37)11-13-24)25-8-5-9-26(16-25)35-29(38)17-27(31(35)39)34-33(40)41-19-23-6-3-2-4-7-23/h2-13,16,21,27-28,30,32,36-37H,14-15,17-20H2,1H3,(H,34,40)/t21-,27?,28+,30+,32+/m1/s1. The lowest BCUT2D eigenvalue weighted by atomic mass is 9.91. The lowest BCUT2D eigenvalue weighted by Gasteiger charge is -2.41. The molecule has 11 heteroatoms. The van der Waals surface area contributed by atoms with Crippen molar-refractivity contribution in [3.05, 3.63) is 101 Å². The number of hydrogen-bond acceptors (Lipinski definition) is 9. The minimum atomic E-state index is -1.04. The van der Waals surface area contributed by atoms with Crippen molar-refractivity contribution in [1.82, 2.24) is 5.32 Å². The number of rotatable bonds is 11. The number of ether oxygens (including phenoxy) is 3. The van der Waals surface area contributed by atoms with Crippen molar-refractivity contribution in [2.75, 3.05) is 23.0 Å². The van der Waals surface area contributed by atoms with Crippen LogP contribution in [0.3, 0.4) is 0 Å². The largest absolute Gasteiger partial charge is 0.445 e. The van der Waals surface area contributed by atoms with Crippen LogP contribution >= 0.6 is 11.8 Å². The summed E-state index contributed by atoms with van der Waals surface area (Å²) in [7, 11) is 0. The molecule has 1 unspecified atom stereocenters. The summed E-state index contributed by atoms with van der Waals surface area (Å²) in [6.07, 6.45) is -2.29. The molecule has 10 nitrogen and oxygen atoms in total. The zero-order valence-corrected chi connectivity index (χ0v) is 25.2. The summed E-state index contributed by atoms with van der Waals surface area (Å²) in [5.41, 5.74) is 3.51. The van der Waals surface area contributed by atoms with Gasteiger partial charge in [0.25, 0.3) is 5.91 Å². The Morgan fingerprint density at radius 1 is 0.977 bits per heavy atom. The molecule has 2 aliphatic rings. The van der Waals surface area contributed by atoms with Crippen LogP contribution in [-0.4, -0.2) is 58.4 Å². The monoisotopic (exact) mass is 620 g/mol. The van der Waals surface area contributed by atoms with E-state index >= 15 is 0 Å². The number of carbonyl (C=O) groups is 3. The number of benzene rings is 3. The molecule has 3 aromatic carbocycles. The van der Waals surface area contributed by atoms with E-state index in [4.69, 9.17) is 14.2 Å². The van der Waals surface area contributed by atoms with E-state index in [0.717, 1.165) is 21.6 Å². The molecule has 0 aliphatic carbocycles. The van der Waals surface area contributed by atoms with Crippen LogP contribution in [0.15, 0.2) is 78.9 Å². The molecule has 44 heavy (non-hydrogen) atoms.